The molecule has 4 N–H and O–H groups in total. The summed E-state index contributed by atoms with van der Waals surface area (Å²) in [4.78, 5) is 14.9. The fraction of sp³-hybridized carbons (Fsp3) is 0.348. The lowest BCUT2D eigenvalue weighted by Crippen LogP contribution is -2.43. The van der Waals surface area contributed by atoms with Gasteiger partial charge in [0.1, 0.15) is 17.3 Å². The van der Waals surface area contributed by atoms with E-state index in [9.17, 15) is 9.18 Å². The highest BCUT2D eigenvalue weighted by atomic mass is 19.1. The number of nitrogens with two attached hydrogens (primary N) is 1. The lowest BCUT2D eigenvalue weighted by molar-refractivity contribution is -0.120. The Bertz CT molecular complexity index is 970. The number of benzene rings is 2. The second kappa shape index (κ2) is 8.36. The number of fused-ring (bicyclic) bond motifs is 1. The average Bonchev–Trinajstić information content (AvgIpc) is 3.59. The topological polar surface area (TPSA) is 79.6 Å². The highest BCUT2D eigenvalue weighted by Gasteiger charge is 2.39. The van der Waals surface area contributed by atoms with Gasteiger partial charge in [-0.15, -0.1) is 0 Å². The summed E-state index contributed by atoms with van der Waals surface area (Å²) in [7, 11) is 1.79. The van der Waals surface area contributed by atoms with Crippen LogP contribution in [0.1, 0.15) is 37.3 Å². The number of nitrogens with one attached hydrogen (secondary N) is 2. The van der Waals surface area contributed by atoms with Gasteiger partial charge in [0.05, 0.1) is 11.4 Å². The molecule has 158 valence electrons. The Morgan fingerprint density at radius 3 is 2.57 bits per heavy atom. The zero-order chi connectivity index (χ0) is 21.3. The number of hydrogen-bond acceptors (Lipinski definition) is 5. The summed E-state index contributed by atoms with van der Waals surface area (Å²) in [6, 6.07) is 9.92. The third kappa shape index (κ3) is 3.85. The van der Waals surface area contributed by atoms with E-state index < -0.39 is 0 Å². The van der Waals surface area contributed by atoms with Crippen molar-refractivity contribution >= 4 is 17.3 Å². The largest absolute Gasteiger partial charge is 0.456 e. The van der Waals surface area contributed by atoms with Crippen LogP contribution in [0.25, 0.3) is 5.70 Å². The Labute approximate surface area is 175 Å². The van der Waals surface area contributed by atoms with Crippen molar-refractivity contribution in [2.75, 3.05) is 11.9 Å². The number of carbonyl (C=O) groups excluding carboxylic acids is 1. The van der Waals surface area contributed by atoms with E-state index in [1.54, 1.807) is 25.4 Å². The van der Waals surface area contributed by atoms with Gasteiger partial charge in [0.15, 0.2) is 0 Å². The standard InChI is InChI=1S/C23H27FN4O2/c1-14-3-10-19-21(28(14)23(29)15-4-5-15)12-11-18(20(27-25)13-26-2)22(19)30-17-8-6-16(24)7-9-17/h6-9,11-15,26-27H,3-5,10,25H2,1-2H3/b20-13-/t14-/m0/s1. The molecule has 0 aromatic heterocycles. The SMILES string of the molecule is CN/C=C(\NN)c1ccc2c(c1Oc1ccc(F)cc1)CC[C@H](C)N2C(=O)C1CC1. The molecule has 1 aliphatic carbocycles. The Hall–Kier alpha value is -3.06. The first-order valence-electron chi connectivity index (χ1n) is 10.3. The molecule has 2 aliphatic rings. The summed E-state index contributed by atoms with van der Waals surface area (Å²) in [5, 5.41) is 2.98. The quantitative estimate of drug-likeness (QED) is 0.500. The number of hydrogen-bond donors (Lipinski definition) is 3. The molecule has 1 atom stereocenters. The second-order valence-corrected chi connectivity index (χ2v) is 7.86. The fourth-order valence-electron chi connectivity index (χ4n) is 3.96. The van der Waals surface area contributed by atoms with E-state index in [-0.39, 0.29) is 23.7 Å². The van der Waals surface area contributed by atoms with Crippen LogP contribution < -0.4 is 26.2 Å². The van der Waals surface area contributed by atoms with Crippen LogP contribution in [-0.4, -0.2) is 19.0 Å². The van der Waals surface area contributed by atoms with E-state index in [1.807, 2.05) is 17.0 Å². The molecule has 1 aliphatic heterocycles. The number of carbonyl (C=O) groups is 1. The summed E-state index contributed by atoms with van der Waals surface area (Å²) in [5.74, 6) is 6.90. The summed E-state index contributed by atoms with van der Waals surface area (Å²) < 4.78 is 19.6. The molecule has 2 aromatic rings. The zero-order valence-corrected chi connectivity index (χ0v) is 17.2. The molecule has 0 spiro atoms. The van der Waals surface area contributed by atoms with Crippen molar-refractivity contribution in [1.82, 2.24) is 10.7 Å². The minimum atomic E-state index is -0.327. The number of ether oxygens (including phenoxy) is 1. The maximum absolute atomic E-state index is 13.4. The van der Waals surface area contributed by atoms with Crippen LogP contribution in [0.5, 0.6) is 11.5 Å². The first-order valence-corrected chi connectivity index (χ1v) is 10.3. The van der Waals surface area contributed by atoms with Crippen molar-refractivity contribution in [2.45, 2.75) is 38.6 Å². The highest BCUT2D eigenvalue weighted by Crippen LogP contribution is 2.44. The van der Waals surface area contributed by atoms with Gasteiger partial charge in [-0.25, -0.2) is 4.39 Å². The van der Waals surface area contributed by atoms with Gasteiger partial charge in [0, 0.05) is 36.3 Å². The Morgan fingerprint density at radius 2 is 1.93 bits per heavy atom. The maximum atomic E-state index is 13.4. The van der Waals surface area contributed by atoms with Gasteiger partial charge in [0.2, 0.25) is 5.91 Å². The van der Waals surface area contributed by atoms with E-state index in [1.165, 1.54) is 12.1 Å². The molecule has 0 saturated heterocycles. The number of hydrazine groups is 1. The fourth-order valence-corrected chi connectivity index (χ4v) is 3.96. The van der Waals surface area contributed by atoms with Crippen molar-refractivity contribution in [3.63, 3.8) is 0 Å². The molecule has 30 heavy (non-hydrogen) atoms. The smallest absolute Gasteiger partial charge is 0.230 e. The number of rotatable bonds is 6. The Kier molecular flexibility index (Phi) is 5.63. The molecular formula is C23H27FN4O2. The summed E-state index contributed by atoms with van der Waals surface area (Å²) >= 11 is 0. The van der Waals surface area contributed by atoms with Crippen LogP contribution in [0.3, 0.4) is 0 Å². The van der Waals surface area contributed by atoms with Crippen molar-refractivity contribution in [3.05, 3.63) is 59.5 Å². The van der Waals surface area contributed by atoms with Gasteiger partial charge in [-0.1, -0.05) is 0 Å². The van der Waals surface area contributed by atoms with E-state index in [0.717, 1.165) is 42.5 Å². The van der Waals surface area contributed by atoms with Crippen molar-refractivity contribution in [1.29, 1.82) is 0 Å². The number of amides is 1. The third-order valence-corrected chi connectivity index (χ3v) is 5.68. The van der Waals surface area contributed by atoms with Gasteiger partial charge in [0.25, 0.3) is 0 Å². The molecule has 0 bridgehead atoms. The van der Waals surface area contributed by atoms with Crippen LogP contribution in [0.2, 0.25) is 0 Å². The van der Waals surface area contributed by atoms with Gasteiger partial charge in [-0.3, -0.25) is 10.6 Å². The van der Waals surface area contributed by atoms with Crippen LogP contribution in [0.4, 0.5) is 10.1 Å². The molecular weight excluding hydrogens is 383 g/mol. The maximum Gasteiger partial charge on any atom is 0.230 e. The van der Waals surface area contributed by atoms with E-state index >= 15 is 0 Å². The van der Waals surface area contributed by atoms with Crippen LogP contribution in [0.15, 0.2) is 42.6 Å². The molecule has 7 heteroatoms. The lowest BCUT2D eigenvalue weighted by atomic mass is 9.92. The Balaban J connectivity index is 1.84. The summed E-state index contributed by atoms with van der Waals surface area (Å²) in [6.07, 6.45) is 5.28. The third-order valence-electron chi connectivity index (χ3n) is 5.68. The Morgan fingerprint density at radius 1 is 1.20 bits per heavy atom. The van der Waals surface area contributed by atoms with Crippen LogP contribution >= 0.6 is 0 Å². The molecule has 1 fully saturated rings. The van der Waals surface area contributed by atoms with E-state index in [4.69, 9.17) is 10.6 Å². The molecule has 1 saturated carbocycles. The summed E-state index contributed by atoms with van der Waals surface area (Å²) in [6.45, 7) is 2.09. The zero-order valence-electron chi connectivity index (χ0n) is 17.2. The molecule has 2 aromatic carbocycles. The van der Waals surface area contributed by atoms with Gasteiger partial charge >= 0.3 is 0 Å². The molecule has 1 amide bonds. The molecule has 1 heterocycles. The first kappa shape index (κ1) is 20.2. The normalized spacial score (nSPS) is 18.6. The van der Waals surface area contributed by atoms with Gasteiger partial charge in [-0.2, -0.15) is 0 Å². The van der Waals surface area contributed by atoms with E-state index in [2.05, 4.69) is 17.7 Å². The first-order chi connectivity index (χ1) is 14.5. The number of halogens is 1. The van der Waals surface area contributed by atoms with Crippen LogP contribution in [0, 0.1) is 11.7 Å². The minimum Gasteiger partial charge on any atom is -0.456 e. The van der Waals surface area contributed by atoms with Crippen LogP contribution in [-0.2, 0) is 11.2 Å². The highest BCUT2D eigenvalue weighted by molar-refractivity contribution is 5.99. The van der Waals surface area contributed by atoms with Crippen molar-refractivity contribution in [3.8, 4) is 11.5 Å². The second-order valence-electron chi connectivity index (χ2n) is 7.86. The van der Waals surface area contributed by atoms with Crippen molar-refractivity contribution < 1.29 is 13.9 Å². The molecule has 6 nitrogen and oxygen atoms in total. The van der Waals surface area contributed by atoms with E-state index in [0.29, 0.717) is 17.2 Å². The number of nitrogens with zero attached hydrogens (tertiary/aromatic N) is 1. The molecule has 0 radical (unpaired) electrons. The predicted molar refractivity (Wildman–Crippen MR) is 115 cm³/mol. The molecule has 0 unspecified atom stereocenters. The minimum absolute atomic E-state index is 0.130. The predicted octanol–water partition coefficient (Wildman–Crippen LogP) is 3.68. The lowest BCUT2D eigenvalue weighted by Gasteiger charge is -2.37. The van der Waals surface area contributed by atoms with Gasteiger partial charge < -0.3 is 20.4 Å². The van der Waals surface area contributed by atoms with Gasteiger partial charge in [-0.05, 0) is 69.0 Å². The summed E-state index contributed by atoms with van der Waals surface area (Å²) in [5.41, 5.74) is 5.97. The average molecular weight is 410 g/mol. The monoisotopic (exact) mass is 410 g/mol. The molecule has 4 rings (SSSR count). The van der Waals surface area contributed by atoms with Crippen molar-refractivity contribution in [2.24, 2.45) is 11.8 Å². The number of anilines is 1.